The summed E-state index contributed by atoms with van der Waals surface area (Å²) in [5.41, 5.74) is -1.13. The Kier molecular flexibility index (Phi) is 4.15. The molecular formula is C11H14ClNO3. The summed E-state index contributed by atoms with van der Waals surface area (Å²) in [6.07, 6.45) is 0. The zero-order valence-electron chi connectivity index (χ0n) is 9.16. The monoisotopic (exact) mass is 243 g/mol. The van der Waals surface area contributed by atoms with E-state index in [-0.39, 0.29) is 6.61 Å². The summed E-state index contributed by atoms with van der Waals surface area (Å²) >= 11 is 5.88. The summed E-state index contributed by atoms with van der Waals surface area (Å²) in [6, 6.07) is 6.94. The average molecular weight is 244 g/mol. The quantitative estimate of drug-likeness (QED) is 0.828. The molecule has 5 heteroatoms. The molecule has 0 fully saturated rings. The Labute approximate surface area is 99.2 Å². The lowest BCUT2D eigenvalue weighted by Crippen LogP contribution is -2.52. The van der Waals surface area contributed by atoms with Crippen LogP contribution in [0.1, 0.15) is 6.92 Å². The van der Waals surface area contributed by atoms with Gasteiger partial charge in [-0.3, -0.25) is 4.79 Å². The van der Waals surface area contributed by atoms with E-state index in [1.807, 2.05) is 0 Å². The highest BCUT2D eigenvalue weighted by atomic mass is 35.5. The van der Waals surface area contributed by atoms with Crippen molar-refractivity contribution in [3.05, 3.63) is 29.3 Å². The molecule has 1 unspecified atom stereocenters. The fourth-order valence-corrected chi connectivity index (χ4v) is 1.22. The number of likely N-dealkylation sites (N-methyl/N-ethyl adjacent to an activating group) is 1. The van der Waals surface area contributed by atoms with Gasteiger partial charge in [0.05, 0.1) is 5.02 Å². The van der Waals surface area contributed by atoms with Gasteiger partial charge in [0.25, 0.3) is 0 Å². The van der Waals surface area contributed by atoms with Crippen LogP contribution >= 0.6 is 11.6 Å². The first-order chi connectivity index (χ1) is 7.49. The number of carboxylic acids is 1. The smallest absolute Gasteiger partial charge is 0.327 e. The SMILES string of the molecule is CNC(C)(COc1ccccc1Cl)C(=O)O. The lowest BCUT2D eigenvalue weighted by molar-refractivity contribution is -0.145. The number of carboxylic acid groups (broad SMARTS) is 1. The summed E-state index contributed by atoms with van der Waals surface area (Å²) in [7, 11) is 1.57. The summed E-state index contributed by atoms with van der Waals surface area (Å²) in [5, 5.41) is 12.2. The third kappa shape index (κ3) is 2.87. The van der Waals surface area contributed by atoms with Gasteiger partial charge in [0.15, 0.2) is 0 Å². The second-order valence-corrected chi connectivity index (χ2v) is 4.01. The molecule has 0 aromatic heterocycles. The van der Waals surface area contributed by atoms with Crippen molar-refractivity contribution < 1.29 is 14.6 Å². The van der Waals surface area contributed by atoms with Gasteiger partial charge in [0, 0.05) is 0 Å². The Bertz CT molecular complexity index is 383. The van der Waals surface area contributed by atoms with E-state index in [1.54, 1.807) is 38.2 Å². The molecule has 1 atom stereocenters. The number of ether oxygens (including phenoxy) is 1. The Morgan fingerprint density at radius 1 is 1.56 bits per heavy atom. The highest BCUT2D eigenvalue weighted by Gasteiger charge is 2.32. The maximum absolute atomic E-state index is 11.0. The second kappa shape index (κ2) is 5.18. The number of nitrogens with one attached hydrogen (secondary N) is 1. The molecule has 1 aromatic rings. The van der Waals surface area contributed by atoms with Gasteiger partial charge in [-0.15, -0.1) is 0 Å². The van der Waals surface area contributed by atoms with Gasteiger partial charge in [-0.1, -0.05) is 23.7 Å². The Balaban J connectivity index is 2.71. The number of halogens is 1. The van der Waals surface area contributed by atoms with Crippen LogP contribution in [0.15, 0.2) is 24.3 Å². The average Bonchev–Trinajstić information content (AvgIpc) is 2.27. The van der Waals surface area contributed by atoms with Gasteiger partial charge in [-0.25, -0.2) is 0 Å². The molecular weight excluding hydrogens is 230 g/mol. The minimum atomic E-state index is -1.13. The molecule has 0 saturated carbocycles. The maximum Gasteiger partial charge on any atom is 0.327 e. The van der Waals surface area contributed by atoms with Crippen molar-refractivity contribution in [3.63, 3.8) is 0 Å². The predicted octanol–water partition coefficient (Wildman–Crippen LogP) is 1.78. The summed E-state index contributed by atoms with van der Waals surface area (Å²) in [6.45, 7) is 1.55. The number of aliphatic carboxylic acids is 1. The van der Waals surface area contributed by atoms with Crippen molar-refractivity contribution in [1.82, 2.24) is 5.32 Å². The number of rotatable bonds is 5. The molecule has 0 aliphatic carbocycles. The zero-order chi connectivity index (χ0) is 12.2. The van der Waals surface area contributed by atoms with Crippen molar-refractivity contribution in [2.75, 3.05) is 13.7 Å². The molecule has 2 N–H and O–H groups in total. The van der Waals surface area contributed by atoms with Gasteiger partial charge in [0.2, 0.25) is 0 Å². The third-order valence-corrected chi connectivity index (χ3v) is 2.69. The summed E-state index contributed by atoms with van der Waals surface area (Å²) < 4.78 is 5.38. The van der Waals surface area contributed by atoms with E-state index < -0.39 is 11.5 Å². The number of benzene rings is 1. The highest BCUT2D eigenvalue weighted by Crippen LogP contribution is 2.24. The standard InChI is InChI=1S/C11H14ClNO3/c1-11(13-2,10(14)15)7-16-9-6-4-3-5-8(9)12/h3-6,13H,7H2,1-2H3,(H,14,15). The summed E-state index contributed by atoms with van der Waals surface area (Å²) in [5.74, 6) is -0.492. The van der Waals surface area contributed by atoms with Crippen LogP contribution in [0.5, 0.6) is 5.75 Å². The number of hydrogen-bond acceptors (Lipinski definition) is 3. The van der Waals surface area contributed by atoms with Crippen LogP contribution in [0.25, 0.3) is 0 Å². The minimum absolute atomic E-state index is 0.00255. The van der Waals surface area contributed by atoms with E-state index in [9.17, 15) is 4.79 Å². The maximum atomic E-state index is 11.0. The fraction of sp³-hybridized carbons (Fsp3) is 0.364. The predicted molar refractivity (Wildman–Crippen MR) is 62.0 cm³/mol. The van der Waals surface area contributed by atoms with Crippen LogP contribution in [0, 0.1) is 0 Å². The van der Waals surface area contributed by atoms with Crippen molar-refractivity contribution in [2.45, 2.75) is 12.5 Å². The van der Waals surface area contributed by atoms with Gasteiger partial charge < -0.3 is 15.2 Å². The second-order valence-electron chi connectivity index (χ2n) is 3.61. The Morgan fingerprint density at radius 3 is 2.69 bits per heavy atom. The summed E-state index contributed by atoms with van der Waals surface area (Å²) in [4.78, 5) is 11.0. The highest BCUT2D eigenvalue weighted by molar-refractivity contribution is 6.32. The van der Waals surface area contributed by atoms with E-state index in [0.717, 1.165) is 0 Å². The van der Waals surface area contributed by atoms with Crippen LogP contribution in [-0.4, -0.2) is 30.3 Å². The fourth-order valence-electron chi connectivity index (χ4n) is 1.02. The lowest BCUT2D eigenvalue weighted by atomic mass is 10.1. The molecule has 0 aliphatic rings. The third-order valence-electron chi connectivity index (χ3n) is 2.38. The minimum Gasteiger partial charge on any atom is -0.489 e. The largest absolute Gasteiger partial charge is 0.489 e. The Hall–Kier alpha value is -1.26. The van der Waals surface area contributed by atoms with E-state index in [1.165, 1.54) is 0 Å². The van der Waals surface area contributed by atoms with Crippen molar-refractivity contribution in [1.29, 1.82) is 0 Å². The van der Waals surface area contributed by atoms with E-state index in [2.05, 4.69) is 5.32 Å². The number of para-hydroxylation sites is 1. The molecule has 1 aromatic carbocycles. The van der Waals surface area contributed by atoms with Crippen molar-refractivity contribution >= 4 is 17.6 Å². The molecule has 0 aliphatic heterocycles. The van der Waals surface area contributed by atoms with Gasteiger partial charge in [-0.2, -0.15) is 0 Å². The lowest BCUT2D eigenvalue weighted by Gasteiger charge is -2.24. The van der Waals surface area contributed by atoms with Crippen LogP contribution in [0.4, 0.5) is 0 Å². The molecule has 1 rings (SSSR count). The normalized spacial score (nSPS) is 14.2. The van der Waals surface area contributed by atoms with Crippen molar-refractivity contribution in [3.8, 4) is 5.75 Å². The molecule has 0 heterocycles. The van der Waals surface area contributed by atoms with Crippen molar-refractivity contribution in [2.24, 2.45) is 0 Å². The van der Waals surface area contributed by atoms with Crippen LogP contribution in [-0.2, 0) is 4.79 Å². The molecule has 0 spiro atoms. The first kappa shape index (κ1) is 12.8. The van der Waals surface area contributed by atoms with Crippen LogP contribution in [0.3, 0.4) is 0 Å². The molecule has 0 radical (unpaired) electrons. The molecule has 88 valence electrons. The molecule has 0 amide bonds. The molecule has 4 nitrogen and oxygen atoms in total. The molecule has 0 saturated heterocycles. The van der Waals surface area contributed by atoms with Gasteiger partial charge in [0.1, 0.15) is 17.9 Å². The van der Waals surface area contributed by atoms with Gasteiger partial charge in [-0.05, 0) is 26.1 Å². The first-order valence-corrected chi connectivity index (χ1v) is 5.17. The molecule has 16 heavy (non-hydrogen) atoms. The topological polar surface area (TPSA) is 58.6 Å². The zero-order valence-corrected chi connectivity index (χ0v) is 9.91. The van der Waals surface area contributed by atoms with E-state index in [0.29, 0.717) is 10.8 Å². The number of hydrogen-bond donors (Lipinski definition) is 2. The first-order valence-electron chi connectivity index (χ1n) is 4.79. The van der Waals surface area contributed by atoms with Crippen LogP contribution < -0.4 is 10.1 Å². The molecule has 0 bridgehead atoms. The van der Waals surface area contributed by atoms with Gasteiger partial charge >= 0.3 is 5.97 Å². The van der Waals surface area contributed by atoms with E-state index >= 15 is 0 Å². The van der Waals surface area contributed by atoms with Crippen LogP contribution in [0.2, 0.25) is 5.02 Å². The number of carbonyl (C=O) groups is 1. The Morgan fingerprint density at radius 2 is 2.19 bits per heavy atom. The van der Waals surface area contributed by atoms with E-state index in [4.69, 9.17) is 21.4 Å².